The smallest absolute Gasteiger partial charge is 0.410 e. The second-order valence-corrected chi connectivity index (χ2v) is 10.6. The van der Waals surface area contributed by atoms with E-state index in [0.29, 0.717) is 44.6 Å². The highest BCUT2D eigenvalue weighted by molar-refractivity contribution is 5.72. The highest BCUT2D eigenvalue weighted by atomic mass is 16.6. The number of hydrogen-bond acceptors (Lipinski definition) is 10. The summed E-state index contributed by atoms with van der Waals surface area (Å²) in [6.07, 6.45) is 3.25. The number of nitrogens with one attached hydrogen (secondary N) is 3. The number of aromatic nitrogens is 3. The molecule has 1 saturated heterocycles. The predicted molar refractivity (Wildman–Crippen MR) is 152 cm³/mol. The van der Waals surface area contributed by atoms with Gasteiger partial charge in [0.25, 0.3) is 0 Å². The molecule has 0 spiro atoms. The molecule has 1 fully saturated rings. The predicted octanol–water partition coefficient (Wildman–Crippen LogP) is 5.04. The molecule has 1 amide bonds. The molecule has 2 aliphatic rings. The number of amides is 1. The Morgan fingerprint density at radius 3 is 2.54 bits per heavy atom. The van der Waals surface area contributed by atoms with Crippen molar-refractivity contribution in [3.8, 4) is 5.75 Å². The molecular formula is C28H34N8O3. The molecule has 11 heteroatoms. The van der Waals surface area contributed by atoms with Gasteiger partial charge in [0.1, 0.15) is 29.6 Å². The lowest BCUT2D eigenvalue weighted by Gasteiger charge is -2.36. The maximum absolute atomic E-state index is 12.3. The standard InChI is InChI=1S/C28H34N8O3/c1-18-15-30-26(34-25(18)32-20-6-8-23-22(14-20)31-19(2)17-38-23)33-21-7-9-24(29-16-21)35-10-12-36(13-11-35)27(37)39-28(3,4)5/h6-9,14-16,31H,2,10-13,17H2,1,3-5H3,(H2,30,32,33,34). The summed E-state index contributed by atoms with van der Waals surface area (Å²) in [6.45, 7) is 14.5. The summed E-state index contributed by atoms with van der Waals surface area (Å²) in [7, 11) is 0. The molecule has 11 nitrogen and oxygen atoms in total. The van der Waals surface area contributed by atoms with Gasteiger partial charge in [-0.3, -0.25) is 0 Å². The quantitative estimate of drug-likeness (QED) is 0.414. The van der Waals surface area contributed by atoms with Crippen molar-refractivity contribution in [2.24, 2.45) is 0 Å². The van der Waals surface area contributed by atoms with Crippen LogP contribution in [0.25, 0.3) is 0 Å². The Hall–Kier alpha value is -4.54. The minimum Gasteiger partial charge on any atom is -0.485 e. The van der Waals surface area contributed by atoms with Crippen LogP contribution in [0.5, 0.6) is 5.75 Å². The second kappa shape index (κ2) is 10.7. The summed E-state index contributed by atoms with van der Waals surface area (Å²) in [5.41, 5.74) is 3.72. The highest BCUT2D eigenvalue weighted by Crippen LogP contribution is 2.33. The van der Waals surface area contributed by atoms with Gasteiger partial charge in [0.2, 0.25) is 5.95 Å². The van der Waals surface area contributed by atoms with E-state index < -0.39 is 5.60 Å². The molecule has 1 aromatic carbocycles. The van der Waals surface area contributed by atoms with Crippen LogP contribution in [0.15, 0.2) is 55.0 Å². The van der Waals surface area contributed by atoms with Gasteiger partial charge in [-0.15, -0.1) is 0 Å². The van der Waals surface area contributed by atoms with Crippen molar-refractivity contribution < 1.29 is 14.3 Å². The third-order valence-electron chi connectivity index (χ3n) is 6.19. The number of pyridine rings is 1. The maximum Gasteiger partial charge on any atom is 0.410 e. The van der Waals surface area contributed by atoms with Gasteiger partial charge in [0, 0.05) is 49.3 Å². The summed E-state index contributed by atoms with van der Waals surface area (Å²) in [4.78, 5) is 29.9. The molecule has 3 aromatic rings. The van der Waals surface area contributed by atoms with Gasteiger partial charge in [-0.25, -0.2) is 14.8 Å². The maximum atomic E-state index is 12.3. The highest BCUT2D eigenvalue weighted by Gasteiger charge is 2.26. The number of hydrogen-bond donors (Lipinski definition) is 3. The summed E-state index contributed by atoms with van der Waals surface area (Å²) in [6, 6.07) is 9.72. The largest absolute Gasteiger partial charge is 0.485 e. The molecule has 0 aliphatic carbocycles. The Morgan fingerprint density at radius 1 is 1.05 bits per heavy atom. The van der Waals surface area contributed by atoms with Gasteiger partial charge in [-0.05, 0) is 58.0 Å². The lowest BCUT2D eigenvalue weighted by atomic mass is 10.2. The van der Waals surface area contributed by atoms with Gasteiger partial charge >= 0.3 is 6.09 Å². The van der Waals surface area contributed by atoms with Gasteiger partial charge in [0.05, 0.1) is 17.6 Å². The molecule has 204 valence electrons. The molecular weight excluding hydrogens is 496 g/mol. The average molecular weight is 531 g/mol. The fourth-order valence-corrected chi connectivity index (χ4v) is 4.21. The van der Waals surface area contributed by atoms with E-state index in [0.717, 1.165) is 39.9 Å². The van der Waals surface area contributed by atoms with Gasteiger partial charge in [-0.2, -0.15) is 4.98 Å². The Kier molecular flexibility index (Phi) is 7.14. The van der Waals surface area contributed by atoms with Crippen LogP contribution in [-0.2, 0) is 4.74 Å². The van der Waals surface area contributed by atoms with Crippen LogP contribution in [0.4, 0.5) is 39.4 Å². The summed E-state index contributed by atoms with van der Waals surface area (Å²) >= 11 is 0. The van der Waals surface area contributed by atoms with E-state index in [1.807, 2.05) is 58.0 Å². The number of fused-ring (bicyclic) bond motifs is 1. The zero-order valence-corrected chi connectivity index (χ0v) is 22.7. The topological polar surface area (TPSA) is 117 Å². The molecule has 0 bridgehead atoms. The lowest BCUT2D eigenvalue weighted by Crippen LogP contribution is -2.50. The lowest BCUT2D eigenvalue weighted by molar-refractivity contribution is 0.0240. The number of benzene rings is 1. The van der Waals surface area contributed by atoms with E-state index in [1.54, 1.807) is 17.3 Å². The van der Waals surface area contributed by atoms with Crippen molar-refractivity contribution in [1.29, 1.82) is 0 Å². The van der Waals surface area contributed by atoms with E-state index in [1.165, 1.54) is 0 Å². The number of carbonyl (C=O) groups excluding carboxylic acids is 1. The van der Waals surface area contributed by atoms with Gasteiger partial charge in [-0.1, -0.05) is 6.58 Å². The van der Waals surface area contributed by atoms with E-state index in [4.69, 9.17) is 9.47 Å². The van der Waals surface area contributed by atoms with E-state index >= 15 is 0 Å². The van der Waals surface area contributed by atoms with E-state index in [-0.39, 0.29) is 6.09 Å². The van der Waals surface area contributed by atoms with Gasteiger partial charge < -0.3 is 35.2 Å². The van der Waals surface area contributed by atoms with Crippen molar-refractivity contribution in [2.75, 3.05) is 53.6 Å². The van der Waals surface area contributed by atoms with Crippen molar-refractivity contribution >= 4 is 40.7 Å². The van der Waals surface area contributed by atoms with Crippen LogP contribution in [0.1, 0.15) is 26.3 Å². The number of rotatable bonds is 5. The Balaban J connectivity index is 1.20. The normalized spacial score (nSPS) is 15.1. The second-order valence-electron chi connectivity index (χ2n) is 10.6. The first kappa shape index (κ1) is 26.1. The first-order valence-electron chi connectivity index (χ1n) is 12.9. The molecule has 0 atom stereocenters. The number of piperazine rings is 1. The Morgan fingerprint density at radius 2 is 1.82 bits per heavy atom. The number of nitrogens with zero attached hydrogens (tertiary/aromatic N) is 5. The van der Waals surface area contributed by atoms with Crippen LogP contribution in [0.3, 0.4) is 0 Å². The Bertz CT molecular complexity index is 1360. The van der Waals surface area contributed by atoms with Crippen molar-refractivity contribution in [3.63, 3.8) is 0 Å². The summed E-state index contributed by atoms with van der Waals surface area (Å²) in [5.74, 6) is 2.78. The fraction of sp³-hybridized carbons (Fsp3) is 0.357. The molecule has 0 unspecified atom stereocenters. The van der Waals surface area contributed by atoms with E-state index in [9.17, 15) is 4.79 Å². The number of anilines is 6. The first-order valence-corrected chi connectivity index (χ1v) is 12.9. The fourth-order valence-electron chi connectivity index (χ4n) is 4.21. The molecule has 5 rings (SSSR count). The number of carbonyl (C=O) groups is 1. The minimum atomic E-state index is -0.500. The first-order chi connectivity index (χ1) is 18.6. The average Bonchev–Trinajstić information content (AvgIpc) is 2.90. The Labute approximate surface area is 228 Å². The summed E-state index contributed by atoms with van der Waals surface area (Å²) in [5, 5.41) is 9.84. The van der Waals surface area contributed by atoms with Gasteiger partial charge in [0.15, 0.2) is 0 Å². The van der Waals surface area contributed by atoms with Crippen LogP contribution >= 0.6 is 0 Å². The third-order valence-corrected chi connectivity index (χ3v) is 6.19. The number of aryl methyl sites for hydroxylation is 1. The molecule has 2 aliphatic heterocycles. The summed E-state index contributed by atoms with van der Waals surface area (Å²) < 4.78 is 11.2. The minimum absolute atomic E-state index is 0.273. The van der Waals surface area contributed by atoms with Crippen molar-refractivity contribution in [1.82, 2.24) is 19.9 Å². The monoisotopic (exact) mass is 530 g/mol. The molecule has 4 heterocycles. The van der Waals surface area contributed by atoms with E-state index in [2.05, 4.69) is 42.4 Å². The zero-order chi connectivity index (χ0) is 27.6. The third kappa shape index (κ3) is 6.49. The zero-order valence-electron chi connectivity index (χ0n) is 22.7. The van der Waals surface area contributed by atoms with Crippen LogP contribution in [0, 0.1) is 6.92 Å². The van der Waals surface area contributed by atoms with Crippen molar-refractivity contribution in [3.05, 3.63) is 60.6 Å². The SMILES string of the molecule is C=C1COc2ccc(Nc3nc(Nc4ccc(N5CCN(C(=O)OC(C)(C)C)CC5)nc4)ncc3C)cc2N1. The van der Waals surface area contributed by atoms with Crippen LogP contribution < -0.4 is 25.6 Å². The van der Waals surface area contributed by atoms with Crippen LogP contribution in [-0.4, -0.2) is 64.3 Å². The molecule has 39 heavy (non-hydrogen) atoms. The molecule has 0 radical (unpaired) electrons. The van der Waals surface area contributed by atoms with Crippen LogP contribution in [0.2, 0.25) is 0 Å². The molecule has 3 N–H and O–H groups in total. The number of ether oxygens (including phenoxy) is 2. The molecule has 2 aromatic heterocycles. The molecule has 0 saturated carbocycles. The van der Waals surface area contributed by atoms with Crippen molar-refractivity contribution in [2.45, 2.75) is 33.3 Å².